The van der Waals surface area contributed by atoms with Crippen molar-refractivity contribution in [3.05, 3.63) is 39.8 Å². The van der Waals surface area contributed by atoms with Crippen LogP contribution in [0.3, 0.4) is 0 Å². The molecule has 1 saturated heterocycles. The van der Waals surface area contributed by atoms with E-state index >= 15 is 0 Å². The molecule has 26 heavy (non-hydrogen) atoms. The summed E-state index contributed by atoms with van der Waals surface area (Å²) in [6.07, 6.45) is 3.10. The van der Waals surface area contributed by atoms with Gasteiger partial charge in [-0.3, -0.25) is 0 Å². The molecule has 2 heterocycles. The Labute approximate surface area is 157 Å². The fraction of sp³-hybridized carbons (Fsp3) is 0.474. The average molecular weight is 375 g/mol. The summed E-state index contributed by atoms with van der Waals surface area (Å²) in [5, 5.41) is 6.73. The molecule has 1 fully saturated rings. The quantitative estimate of drug-likeness (QED) is 0.774. The van der Waals surface area contributed by atoms with Gasteiger partial charge in [-0.15, -0.1) is 11.3 Å². The number of nitrogens with one attached hydrogen (secondary N) is 2. The molecule has 140 valence electrons. The third-order valence-electron chi connectivity index (χ3n) is 4.27. The van der Waals surface area contributed by atoms with Crippen LogP contribution in [0.25, 0.3) is 0 Å². The van der Waals surface area contributed by atoms with Gasteiger partial charge in [0.15, 0.2) is 0 Å². The molecule has 1 atom stereocenters. The van der Waals surface area contributed by atoms with Crippen LogP contribution >= 0.6 is 11.3 Å². The molecule has 7 heteroatoms. The van der Waals surface area contributed by atoms with E-state index in [0.717, 1.165) is 48.0 Å². The standard InChI is InChI=1S/C19H25N3O3S/c1-13-14(2)26-18(21-13)9-10-20-19(23)22-15-5-7-16(8-6-15)25-12-17-4-3-11-24-17/h5-8,17H,3-4,9-12H2,1-2H3,(H2,20,22,23). The minimum Gasteiger partial charge on any atom is -0.491 e. The molecule has 0 spiro atoms. The third kappa shape index (κ3) is 5.44. The first kappa shape index (κ1) is 18.7. The van der Waals surface area contributed by atoms with Crippen LogP contribution in [-0.4, -0.2) is 36.9 Å². The number of anilines is 1. The van der Waals surface area contributed by atoms with Crippen molar-refractivity contribution in [3.63, 3.8) is 0 Å². The molecule has 2 N–H and O–H groups in total. The number of amides is 2. The first-order valence-corrected chi connectivity index (χ1v) is 9.74. The first-order valence-electron chi connectivity index (χ1n) is 8.92. The Morgan fingerprint density at radius 3 is 2.81 bits per heavy atom. The number of rotatable bonds is 7. The van der Waals surface area contributed by atoms with Gasteiger partial charge in [-0.25, -0.2) is 9.78 Å². The Morgan fingerprint density at radius 2 is 2.15 bits per heavy atom. The molecule has 1 aromatic heterocycles. The molecule has 0 bridgehead atoms. The van der Waals surface area contributed by atoms with Crippen LogP contribution in [0.4, 0.5) is 10.5 Å². The van der Waals surface area contributed by atoms with Crippen LogP contribution in [0, 0.1) is 13.8 Å². The SMILES string of the molecule is Cc1nc(CCNC(=O)Nc2ccc(OCC3CCCO3)cc2)sc1C. The zero-order chi connectivity index (χ0) is 18.4. The van der Waals surface area contributed by atoms with Crippen molar-refractivity contribution < 1.29 is 14.3 Å². The van der Waals surface area contributed by atoms with Crippen molar-refractivity contribution in [2.75, 3.05) is 25.1 Å². The maximum atomic E-state index is 12.0. The van der Waals surface area contributed by atoms with Gasteiger partial charge in [0, 0.05) is 30.1 Å². The lowest BCUT2D eigenvalue weighted by molar-refractivity contribution is 0.0679. The van der Waals surface area contributed by atoms with Crippen molar-refractivity contribution in [2.45, 2.75) is 39.2 Å². The molecular formula is C19H25N3O3S. The molecule has 1 aliphatic rings. The van der Waals surface area contributed by atoms with E-state index in [9.17, 15) is 4.79 Å². The lowest BCUT2D eigenvalue weighted by Crippen LogP contribution is -2.30. The van der Waals surface area contributed by atoms with Crippen LogP contribution in [0.1, 0.15) is 28.4 Å². The number of aromatic nitrogens is 1. The van der Waals surface area contributed by atoms with E-state index in [0.29, 0.717) is 13.2 Å². The van der Waals surface area contributed by atoms with E-state index in [1.165, 1.54) is 4.88 Å². The highest BCUT2D eigenvalue weighted by atomic mass is 32.1. The molecule has 2 aromatic rings. The largest absolute Gasteiger partial charge is 0.491 e. The molecule has 0 saturated carbocycles. The van der Waals surface area contributed by atoms with E-state index in [1.807, 2.05) is 31.2 Å². The summed E-state index contributed by atoms with van der Waals surface area (Å²) in [5.41, 5.74) is 1.80. The summed E-state index contributed by atoms with van der Waals surface area (Å²) < 4.78 is 11.3. The topological polar surface area (TPSA) is 72.5 Å². The van der Waals surface area contributed by atoms with Crippen LogP contribution in [0.15, 0.2) is 24.3 Å². The first-order chi connectivity index (χ1) is 12.6. The lowest BCUT2D eigenvalue weighted by atomic mass is 10.2. The third-order valence-corrected chi connectivity index (χ3v) is 5.40. The van der Waals surface area contributed by atoms with E-state index in [2.05, 4.69) is 22.5 Å². The summed E-state index contributed by atoms with van der Waals surface area (Å²) in [4.78, 5) is 17.7. The molecule has 6 nitrogen and oxygen atoms in total. The maximum absolute atomic E-state index is 12.0. The van der Waals surface area contributed by atoms with Crippen molar-refractivity contribution in [2.24, 2.45) is 0 Å². The highest BCUT2D eigenvalue weighted by Gasteiger charge is 2.15. The minimum absolute atomic E-state index is 0.198. The number of ether oxygens (including phenoxy) is 2. The molecule has 0 radical (unpaired) electrons. The number of benzene rings is 1. The molecule has 3 rings (SSSR count). The average Bonchev–Trinajstić information content (AvgIpc) is 3.24. The minimum atomic E-state index is -0.219. The van der Waals surface area contributed by atoms with E-state index in [-0.39, 0.29) is 12.1 Å². The van der Waals surface area contributed by atoms with E-state index < -0.39 is 0 Å². The van der Waals surface area contributed by atoms with E-state index in [4.69, 9.17) is 9.47 Å². The summed E-state index contributed by atoms with van der Waals surface area (Å²) in [6, 6.07) is 7.15. The van der Waals surface area contributed by atoms with Gasteiger partial charge >= 0.3 is 6.03 Å². The number of carbonyl (C=O) groups excluding carboxylic acids is 1. The fourth-order valence-electron chi connectivity index (χ4n) is 2.70. The number of hydrogen-bond donors (Lipinski definition) is 2. The van der Waals surface area contributed by atoms with Gasteiger partial charge in [-0.2, -0.15) is 0 Å². The number of carbonyl (C=O) groups is 1. The number of hydrogen-bond acceptors (Lipinski definition) is 5. The van der Waals surface area contributed by atoms with Crippen LogP contribution in [-0.2, 0) is 11.2 Å². The lowest BCUT2D eigenvalue weighted by Gasteiger charge is -2.12. The Bertz CT molecular complexity index is 705. The van der Waals surface area contributed by atoms with Gasteiger partial charge in [0.25, 0.3) is 0 Å². The summed E-state index contributed by atoms with van der Waals surface area (Å²) >= 11 is 1.68. The molecular weight excluding hydrogens is 350 g/mol. The molecule has 2 amide bonds. The zero-order valence-corrected chi connectivity index (χ0v) is 16.0. The Balaban J connectivity index is 1.38. The Kier molecular flexibility index (Phi) is 6.46. The summed E-state index contributed by atoms with van der Waals surface area (Å²) in [6.45, 7) is 6.02. The second-order valence-electron chi connectivity index (χ2n) is 6.35. The highest BCUT2D eigenvalue weighted by Crippen LogP contribution is 2.19. The normalized spacial score (nSPS) is 16.5. The van der Waals surface area contributed by atoms with Gasteiger partial charge in [0.05, 0.1) is 16.8 Å². The molecule has 1 aromatic carbocycles. The zero-order valence-electron chi connectivity index (χ0n) is 15.2. The van der Waals surface area contributed by atoms with Gasteiger partial charge in [-0.1, -0.05) is 0 Å². The van der Waals surface area contributed by atoms with Gasteiger partial charge in [0.2, 0.25) is 0 Å². The summed E-state index contributed by atoms with van der Waals surface area (Å²) in [5.74, 6) is 0.779. The number of thiazole rings is 1. The Morgan fingerprint density at radius 1 is 1.35 bits per heavy atom. The van der Waals surface area contributed by atoms with Crippen LogP contribution in [0.5, 0.6) is 5.75 Å². The van der Waals surface area contributed by atoms with Gasteiger partial charge in [0.1, 0.15) is 12.4 Å². The predicted octanol–water partition coefficient (Wildman–Crippen LogP) is 3.68. The summed E-state index contributed by atoms with van der Waals surface area (Å²) in [7, 11) is 0. The van der Waals surface area contributed by atoms with Crippen molar-refractivity contribution in [1.82, 2.24) is 10.3 Å². The predicted molar refractivity (Wildman–Crippen MR) is 103 cm³/mol. The Hall–Kier alpha value is -2.12. The molecule has 1 unspecified atom stereocenters. The number of nitrogens with zero attached hydrogens (tertiary/aromatic N) is 1. The van der Waals surface area contributed by atoms with Crippen LogP contribution in [0.2, 0.25) is 0 Å². The fourth-order valence-corrected chi connectivity index (χ4v) is 3.64. The molecule has 1 aliphatic heterocycles. The van der Waals surface area contributed by atoms with Gasteiger partial charge in [-0.05, 0) is 51.0 Å². The monoisotopic (exact) mass is 375 g/mol. The smallest absolute Gasteiger partial charge is 0.319 e. The van der Waals surface area contributed by atoms with E-state index in [1.54, 1.807) is 11.3 Å². The van der Waals surface area contributed by atoms with Crippen molar-refractivity contribution >= 4 is 23.1 Å². The van der Waals surface area contributed by atoms with Gasteiger partial charge < -0.3 is 20.1 Å². The maximum Gasteiger partial charge on any atom is 0.319 e. The molecule has 0 aliphatic carbocycles. The second-order valence-corrected chi connectivity index (χ2v) is 7.64. The number of urea groups is 1. The highest BCUT2D eigenvalue weighted by molar-refractivity contribution is 7.11. The van der Waals surface area contributed by atoms with Crippen LogP contribution < -0.4 is 15.4 Å². The van der Waals surface area contributed by atoms with Crippen molar-refractivity contribution in [1.29, 1.82) is 0 Å². The van der Waals surface area contributed by atoms with Crippen molar-refractivity contribution in [3.8, 4) is 5.75 Å². The number of aryl methyl sites for hydroxylation is 2. The second kappa shape index (κ2) is 9.00.